The van der Waals surface area contributed by atoms with Crippen LogP contribution in [-0.2, 0) is 0 Å². The number of rotatable bonds is 8. The van der Waals surface area contributed by atoms with Crippen LogP contribution in [0.3, 0.4) is 0 Å². The Labute approximate surface area is 112 Å². The lowest BCUT2D eigenvalue weighted by Gasteiger charge is -2.23. The van der Waals surface area contributed by atoms with Crippen LogP contribution in [0.15, 0.2) is 24.3 Å². The Morgan fingerprint density at radius 2 is 1.78 bits per heavy atom. The first-order chi connectivity index (χ1) is 8.72. The molecule has 1 rings (SSSR count). The van der Waals surface area contributed by atoms with Crippen molar-refractivity contribution in [2.45, 2.75) is 46.6 Å². The summed E-state index contributed by atoms with van der Waals surface area (Å²) in [6.45, 7) is 12.1. The Kier molecular flexibility index (Phi) is 6.81. The van der Waals surface area contributed by atoms with Crippen molar-refractivity contribution in [1.82, 2.24) is 5.32 Å². The van der Waals surface area contributed by atoms with E-state index in [4.69, 9.17) is 0 Å². The van der Waals surface area contributed by atoms with Crippen LogP contribution in [-0.4, -0.2) is 19.6 Å². The van der Waals surface area contributed by atoms with Crippen LogP contribution in [0.2, 0.25) is 0 Å². The molecule has 0 saturated heterocycles. The number of anilines is 1. The van der Waals surface area contributed by atoms with Gasteiger partial charge >= 0.3 is 0 Å². The minimum absolute atomic E-state index is 0.440. The highest BCUT2D eigenvalue weighted by Crippen LogP contribution is 2.19. The Hall–Kier alpha value is -1.02. The zero-order chi connectivity index (χ0) is 13.4. The SMILES string of the molecule is CCCCN(CC)c1ccc(C(C)NCC)cc1. The van der Waals surface area contributed by atoms with Gasteiger partial charge in [-0.2, -0.15) is 0 Å². The van der Waals surface area contributed by atoms with Crippen molar-refractivity contribution in [2.24, 2.45) is 0 Å². The van der Waals surface area contributed by atoms with Gasteiger partial charge in [-0.1, -0.05) is 32.4 Å². The van der Waals surface area contributed by atoms with Crippen molar-refractivity contribution in [3.63, 3.8) is 0 Å². The lowest BCUT2D eigenvalue weighted by molar-refractivity contribution is 0.598. The normalized spacial score (nSPS) is 12.4. The molecule has 0 heterocycles. The minimum atomic E-state index is 0.440. The first-order valence-corrected chi connectivity index (χ1v) is 7.31. The van der Waals surface area contributed by atoms with E-state index in [9.17, 15) is 0 Å². The Balaban J connectivity index is 2.68. The maximum Gasteiger partial charge on any atom is 0.0366 e. The summed E-state index contributed by atoms with van der Waals surface area (Å²) in [4.78, 5) is 2.45. The average molecular weight is 248 g/mol. The molecule has 0 saturated carbocycles. The van der Waals surface area contributed by atoms with Gasteiger partial charge in [-0.05, 0) is 44.5 Å². The highest BCUT2D eigenvalue weighted by Gasteiger charge is 2.06. The predicted octanol–water partition coefficient (Wildman–Crippen LogP) is 3.98. The molecule has 1 aromatic rings. The molecule has 1 aromatic carbocycles. The number of unbranched alkanes of at least 4 members (excludes halogenated alkanes) is 1. The lowest BCUT2D eigenvalue weighted by atomic mass is 10.1. The van der Waals surface area contributed by atoms with E-state index in [0.717, 1.165) is 19.6 Å². The van der Waals surface area contributed by atoms with Gasteiger partial charge < -0.3 is 10.2 Å². The van der Waals surface area contributed by atoms with Gasteiger partial charge in [-0.15, -0.1) is 0 Å². The molecule has 1 atom stereocenters. The van der Waals surface area contributed by atoms with Crippen LogP contribution in [0.5, 0.6) is 0 Å². The van der Waals surface area contributed by atoms with Crippen molar-refractivity contribution >= 4 is 5.69 Å². The third-order valence-corrected chi connectivity index (χ3v) is 3.43. The molecule has 0 aromatic heterocycles. The molecule has 0 fully saturated rings. The van der Waals surface area contributed by atoms with Gasteiger partial charge in [-0.3, -0.25) is 0 Å². The topological polar surface area (TPSA) is 15.3 Å². The van der Waals surface area contributed by atoms with Crippen LogP contribution in [0.25, 0.3) is 0 Å². The van der Waals surface area contributed by atoms with Gasteiger partial charge in [0.15, 0.2) is 0 Å². The molecule has 0 aliphatic heterocycles. The summed E-state index contributed by atoms with van der Waals surface area (Å²) in [6, 6.07) is 9.44. The number of nitrogens with zero attached hydrogens (tertiary/aromatic N) is 1. The van der Waals surface area contributed by atoms with E-state index in [1.165, 1.54) is 24.1 Å². The summed E-state index contributed by atoms with van der Waals surface area (Å²) in [5.74, 6) is 0. The highest BCUT2D eigenvalue weighted by atomic mass is 15.1. The average Bonchev–Trinajstić information content (AvgIpc) is 2.40. The first kappa shape index (κ1) is 15.0. The maximum absolute atomic E-state index is 3.45. The zero-order valence-corrected chi connectivity index (χ0v) is 12.4. The molecule has 2 heteroatoms. The van der Waals surface area contributed by atoms with Gasteiger partial charge in [0, 0.05) is 24.8 Å². The molecule has 18 heavy (non-hydrogen) atoms. The summed E-state index contributed by atoms with van der Waals surface area (Å²) in [6.07, 6.45) is 2.52. The van der Waals surface area contributed by atoms with Gasteiger partial charge in [-0.25, -0.2) is 0 Å². The Morgan fingerprint density at radius 3 is 2.28 bits per heavy atom. The molecule has 0 bridgehead atoms. The van der Waals surface area contributed by atoms with E-state index in [2.05, 4.69) is 62.2 Å². The molecular weight excluding hydrogens is 220 g/mol. The molecule has 1 N–H and O–H groups in total. The highest BCUT2D eigenvalue weighted by molar-refractivity contribution is 5.47. The second-order valence-electron chi connectivity index (χ2n) is 4.80. The van der Waals surface area contributed by atoms with Crippen LogP contribution in [0.4, 0.5) is 5.69 Å². The number of nitrogens with one attached hydrogen (secondary N) is 1. The van der Waals surface area contributed by atoms with E-state index < -0.39 is 0 Å². The summed E-state index contributed by atoms with van der Waals surface area (Å²) >= 11 is 0. The second kappa shape index (κ2) is 8.15. The van der Waals surface area contributed by atoms with Crippen LogP contribution in [0, 0.1) is 0 Å². The second-order valence-corrected chi connectivity index (χ2v) is 4.80. The maximum atomic E-state index is 3.45. The summed E-state index contributed by atoms with van der Waals surface area (Å²) in [7, 11) is 0. The Morgan fingerprint density at radius 1 is 1.11 bits per heavy atom. The lowest BCUT2D eigenvalue weighted by Crippen LogP contribution is -2.24. The monoisotopic (exact) mass is 248 g/mol. The molecule has 0 aliphatic carbocycles. The molecule has 0 aliphatic rings. The minimum Gasteiger partial charge on any atom is -0.372 e. The van der Waals surface area contributed by atoms with Crippen molar-refractivity contribution in [3.05, 3.63) is 29.8 Å². The summed E-state index contributed by atoms with van der Waals surface area (Å²) in [5.41, 5.74) is 2.71. The smallest absolute Gasteiger partial charge is 0.0366 e. The van der Waals surface area contributed by atoms with Crippen molar-refractivity contribution in [1.29, 1.82) is 0 Å². The van der Waals surface area contributed by atoms with E-state index in [0.29, 0.717) is 6.04 Å². The van der Waals surface area contributed by atoms with E-state index >= 15 is 0 Å². The van der Waals surface area contributed by atoms with Gasteiger partial charge in [0.05, 0.1) is 0 Å². The van der Waals surface area contributed by atoms with Crippen LogP contribution >= 0.6 is 0 Å². The van der Waals surface area contributed by atoms with E-state index in [1.807, 2.05) is 0 Å². The van der Waals surface area contributed by atoms with Crippen LogP contribution < -0.4 is 10.2 Å². The number of hydrogen-bond donors (Lipinski definition) is 1. The molecular formula is C16H28N2. The van der Waals surface area contributed by atoms with Gasteiger partial charge in [0.2, 0.25) is 0 Å². The molecule has 2 nitrogen and oxygen atoms in total. The fourth-order valence-corrected chi connectivity index (χ4v) is 2.22. The fraction of sp³-hybridized carbons (Fsp3) is 0.625. The summed E-state index contributed by atoms with van der Waals surface area (Å²) in [5, 5.41) is 3.45. The Bertz CT molecular complexity index is 318. The fourth-order valence-electron chi connectivity index (χ4n) is 2.22. The van der Waals surface area contributed by atoms with E-state index in [-0.39, 0.29) is 0 Å². The van der Waals surface area contributed by atoms with Crippen molar-refractivity contribution < 1.29 is 0 Å². The number of benzene rings is 1. The molecule has 102 valence electrons. The van der Waals surface area contributed by atoms with Gasteiger partial charge in [0.1, 0.15) is 0 Å². The quantitative estimate of drug-likeness (QED) is 0.748. The molecule has 1 unspecified atom stereocenters. The molecule has 0 amide bonds. The third-order valence-electron chi connectivity index (χ3n) is 3.43. The first-order valence-electron chi connectivity index (χ1n) is 7.31. The number of hydrogen-bond acceptors (Lipinski definition) is 2. The molecule has 0 radical (unpaired) electrons. The predicted molar refractivity (Wildman–Crippen MR) is 81.3 cm³/mol. The van der Waals surface area contributed by atoms with Gasteiger partial charge in [0.25, 0.3) is 0 Å². The van der Waals surface area contributed by atoms with Crippen molar-refractivity contribution in [2.75, 3.05) is 24.5 Å². The van der Waals surface area contributed by atoms with Crippen LogP contribution in [0.1, 0.15) is 52.1 Å². The van der Waals surface area contributed by atoms with Crippen molar-refractivity contribution in [3.8, 4) is 0 Å². The summed E-state index contributed by atoms with van der Waals surface area (Å²) < 4.78 is 0. The molecule has 0 spiro atoms. The standard InChI is InChI=1S/C16H28N2/c1-5-8-13-18(7-3)16-11-9-15(10-12-16)14(4)17-6-2/h9-12,14,17H,5-8,13H2,1-4H3. The third kappa shape index (κ3) is 4.34. The largest absolute Gasteiger partial charge is 0.372 e. The van der Waals surface area contributed by atoms with E-state index in [1.54, 1.807) is 0 Å². The zero-order valence-electron chi connectivity index (χ0n) is 12.4.